The summed E-state index contributed by atoms with van der Waals surface area (Å²) in [5.41, 5.74) is 1.50. The van der Waals surface area contributed by atoms with Crippen molar-refractivity contribution in [3.05, 3.63) is 34.7 Å². The highest BCUT2D eigenvalue weighted by Gasteiger charge is 2.21. The molecule has 106 valence electrons. The molecule has 0 saturated carbocycles. The molecule has 1 atom stereocenters. The molecule has 0 aliphatic carbocycles. The number of halogens is 1. The number of carbonyl (C=O) groups excluding carboxylic acids is 1. The first kappa shape index (κ1) is 14.3. The molecule has 2 rings (SSSR count). The number of carbonyl (C=O) groups is 2. The number of carboxylic acids is 1. The molecule has 0 aliphatic rings. The lowest BCUT2D eigenvalue weighted by molar-refractivity contribution is -0.138. The second kappa shape index (κ2) is 5.50. The lowest BCUT2D eigenvalue weighted by Crippen LogP contribution is -2.39. The number of hydrogen-bond acceptors (Lipinski definition) is 3. The lowest BCUT2D eigenvalue weighted by Gasteiger charge is -2.10. The van der Waals surface area contributed by atoms with E-state index in [1.165, 1.54) is 6.92 Å². The maximum Gasteiger partial charge on any atom is 0.325 e. The molecular weight excluding hydrogens is 282 g/mol. The first-order valence-electron chi connectivity index (χ1n) is 6.14. The fourth-order valence-electron chi connectivity index (χ4n) is 1.88. The van der Waals surface area contributed by atoms with Gasteiger partial charge in [-0.1, -0.05) is 18.5 Å². The monoisotopic (exact) mass is 295 g/mol. The largest absolute Gasteiger partial charge is 0.480 e. The van der Waals surface area contributed by atoms with E-state index in [2.05, 4.69) is 10.3 Å². The summed E-state index contributed by atoms with van der Waals surface area (Å²) in [6.07, 6.45) is 2.20. The van der Waals surface area contributed by atoms with Crippen molar-refractivity contribution in [1.29, 1.82) is 0 Å². The standard InChI is InChI=1S/C13H14ClN3O3/c1-3-9-11(12(18)15-7(2)13(19)20)17-5-4-8(14)6-10(17)16-9/h4-7H,3H2,1-2H3,(H,15,18)(H,19,20). The van der Waals surface area contributed by atoms with Crippen molar-refractivity contribution in [2.75, 3.05) is 0 Å². The molecule has 2 aromatic heterocycles. The van der Waals surface area contributed by atoms with Gasteiger partial charge in [0, 0.05) is 17.3 Å². The van der Waals surface area contributed by atoms with Crippen LogP contribution in [0.3, 0.4) is 0 Å². The third-order valence-electron chi connectivity index (χ3n) is 2.93. The van der Waals surface area contributed by atoms with E-state index in [1.54, 1.807) is 22.7 Å². The smallest absolute Gasteiger partial charge is 0.325 e. The van der Waals surface area contributed by atoms with Gasteiger partial charge in [-0.2, -0.15) is 0 Å². The summed E-state index contributed by atoms with van der Waals surface area (Å²) in [5.74, 6) is -1.56. The lowest BCUT2D eigenvalue weighted by atomic mass is 10.2. The summed E-state index contributed by atoms with van der Waals surface area (Å²) in [7, 11) is 0. The summed E-state index contributed by atoms with van der Waals surface area (Å²) in [4.78, 5) is 27.4. The number of aryl methyl sites for hydroxylation is 1. The summed E-state index contributed by atoms with van der Waals surface area (Å²) >= 11 is 5.90. The molecule has 0 aliphatic heterocycles. The molecule has 20 heavy (non-hydrogen) atoms. The molecule has 7 heteroatoms. The molecule has 0 fully saturated rings. The number of pyridine rings is 1. The maximum atomic E-state index is 12.2. The Kier molecular flexibility index (Phi) is 3.94. The van der Waals surface area contributed by atoms with Crippen LogP contribution in [0.25, 0.3) is 5.65 Å². The van der Waals surface area contributed by atoms with Gasteiger partial charge in [-0.05, 0) is 19.4 Å². The van der Waals surface area contributed by atoms with Gasteiger partial charge in [0.2, 0.25) is 0 Å². The summed E-state index contributed by atoms with van der Waals surface area (Å²) in [6, 6.07) is 2.33. The van der Waals surface area contributed by atoms with Gasteiger partial charge >= 0.3 is 5.97 Å². The summed E-state index contributed by atoms with van der Waals surface area (Å²) < 4.78 is 1.61. The van der Waals surface area contributed by atoms with E-state index in [-0.39, 0.29) is 0 Å². The minimum atomic E-state index is -1.09. The van der Waals surface area contributed by atoms with Crippen LogP contribution in [0.5, 0.6) is 0 Å². The van der Waals surface area contributed by atoms with Gasteiger partial charge in [-0.25, -0.2) is 4.98 Å². The zero-order chi connectivity index (χ0) is 14.9. The molecule has 0 saturated heterocycles. The third kappa shape index (κ3) is 2.60. The molecule has 0 aromatic carbocycles. The van der Waals surface area contributed by atoms with E-state index in [4.69, 9.17) is 16.7 Å². The molecule has 0 spiro atoms. The van der Waals surface area contributed by atoms with Crippen molar-refractivity contribution in [1.82, 2.24) is 14.7 Å². The van der Waals surface area contributed by atoms with Crippen molar-refractivity contribution in [3.8, 4) is 0 Å². The van der Waals surface area contributed by atoms with Crippen LogP contribution in [0.4, 0.5) is 0 Å². The number of aromatic nitrogens is 2. The van der Waals surface area contributed by atoms with Crippen LogP contribution in [0.15, 0.2) is 18.3 Å². The van der Waals surface area contributed by atoms with Gasteiger partial charge in [-0.15, -0.1) is 0 Å². The normalized spacial score (nSPS) is 12.3. The first-order chi connectivity index (χ1) is 9.43. The SMILES string of the molecule is CCc1nc2cc(Cl)ccn2c1C(=O)NC(C)C(=O)O. The number of hydrogen-bond donors (Lipinski definition) is 2. The summed E-state index contributed by atoms with van der Waals surface area (Å²) in [5, 5.41) is 11.8. The maximum absolute atomic E-state index is 12.2. The minimum absolute atomic E-state index is 0.340. The number of aliphatic carboxylic acids is 1. The van der Waals surface area contributed by atoms with E-state index in [1.807, 2.05) is 6.92 Å². The van der Waals surface area contributed by atoms with Crippen LogP contribution in [-0.2, 0) is 11.2 Å². The van der Waals surface area contributed by atoms with Gasteiger partial charge in [0.25, 0.3) is 5.91 Å². The quantitative estimate of drug-likeness (QED) is 0.900. The van der Waals surface area contributed by atoms with E-state index < -0.39 is 17.9 Å². The Hall–Kier alpha value is -2.08. The van der Waals surface area contributed by atoms with Crippen molar-refractivity contribution >= 4 is 29.1 Å². The molecule has 2 N–H and O–H groups in total. The molecule has 2 heterocycles. The molecular formula is C13H14ClN3O3. The molecule has 2 aromatic rings. The Morgan fingerprint density at radius 1 is 1.55 bits per heavy atom. The fraction of sp³-hybridized carbons (Fsp3) is 0.308. The second-order valence-corrected chi connectivity index (χ2v) is 4.80. The van der Waals surface area contributed by atoms with Gasteiger partial charge < -0.3 is 10.4 Å². The van der Waals surface area contributed by atoms with Crippen LogP contribution < -0.4 is 5.32 Å². The molecule has 0 radical (unpaired) electrons. The number of amides is 1. The number of imidazole rings is 1. The average Bonchev–Trinajstić information content (AvgIpc) is 2.75. The van der Waals surface area contributed by atoms with E-state index >= 15 is 0 Å². The predicted octanol–water partition coefficient (Wildman–Crippen LogP) is 1.75. The van der Waals surface area contributed by atoms with Crippen LogP contribution in [0.2, 0.25) is 5.02 Å². The zero-order valence-corrected chi connectivity index (χ0v) is 11.8. The molecule has 6 nitrogen and oxygen atoms in total. The zero-order valence-electron chi connectivity index (χ0n) is 11.1. The van der Waals surface area contributed by atoms with Crippen molar-refractivity contribution in [2.24, 2.45) is 0 Å². The number of fused-ring (bicyclic) bond motifs is 1. The van der Waals surface area contributed by atoms with Crippen LogP contribution in [-0.4, -0.2) is 32.4 Å². The Labute approximate surface area is 120 Å². The second-order valence-electron chi connectivity index (χ2n) is 4.37. The van der Waals surface area contributed by atoms with Gasteiger partial charge in [-0.3, -0.25) is 14.0 Å². The van der Waals surface area contributed by atoms with Crippen molar-refractivity contribution in [3.63, 3.8) is 0 Å². The van der Waals surface area contributed by atoms with Gasteiger partial charge in [0.1, 0.15) is 17.4 Å². The Morgan fingerprint density at radius 2 is 2.25 bits per heavy atom. The van der Waals surface area contributed by atoms with Crippen molar-refractivity contribution in [2.45, 2.75) is 26.3 Å². The number of nitrogens with one attached hydrogen (secondary N) is 1. The average molecular weight is 296 g/mol. The summed E-state index contributed by atoms with van der Waals surface area (Å²) in [6.45, 7) is 3.28. The molecule has 0 bridgehead atoms. The van der Waals surface area contributed by atoms with Crippen LogP contribution >= 0.6 is 11.6 Å². The highest BCUT2D eigenvalue weighted by atomic mass is 35.5. The number of rotatable bonds is 4. The Bertz CT molecular complexity index is 681. The topological polar surface area (TPSA) is 83.7 Å². The van der Waals surface area contributed by atoms with Crippen LogP contribution in [0.1, 0.15) is 30.0 Å². The minimum Gasteiger partial charge on any atom is -0.480 e. The Morgan fingerprint density at radius 3 is 2.85 bits per heavy atom. The van der Waals surface area contributed by atoms with E-state index in [0.717, 1.165) is 0 Å². The molecule has 1 unspecified atom stereocenters. The molecule has 1 amide bonds. The van der Waals surface area contributed by atoms with E-state index in [0.29, 0.717) is 28.5 Å². The van der Waals surface area contributed by atoms with Gasteiger partial charge in [0.15, 0.2) is 0 Å². The fourth-order valence-corrected chi connectivity index (χ4v) is 2.04. The van der Waals surface area contributed by atoms with Gasteiger partial charge in [0.05, 0.1) is 5.69 Å². The third-order valence-corrected chi connectivity index (χ3v) is 3.16. The van der Waals surface area contributed by atoms with Crippen molar-refractivity contribution < 1.29 is 14.7 Å². The highest BCUT2D eigenvalue weighted by molar-refractivity contribution is 6.30. The van der Waals surface area contributed by atoms with Crippen LogP contribution in [0, 0.1) is 0 Å². The predicted molar refractivity (Wildman–Crippen MR) is 74.1 cm³/mol. The van der Waals surface area contributed by atoms with E-state index in [9.17, 15) is 9.59 Å². The Balaban J connectivity index is 2.46. The number of nitrogens with zero attached hydrogens (tertiary/aromatic N) is 2. The first-order valence-corrected chi connectivity index (χ1v) is 6.52. The number of carboxylic acid groups (broad SMARTS) is 1. The highest BCUT2D eigenvalue weighted by Crippen LogP contribution is 2.17.